The summed E-state index contributed by atoms with van der Waals surface area (Å²) < 4.78 is 9.82. The summed E-state index contributed by atoms with van der Waals surface area (Å²) in [7, 11) is 0. The maximum absolute atomic E-state index is 11.0. The molecule has 0 saturated carbocycles. The second kappa shape index (κ2) is 6.76. The van der Waals surface area contributed by atoms with Crippen molar-refractivity contribution in [3.8, 4) is 11.5 Å². The second-order valence-electron chi connectivity index (χ2n) is 5.86. The topological polar surface area (TPSA) is 101 Å². The molecular formula is C20H16O6. The highest BCUT2D eigenvalue weighted by Gasteiger charge is 2.02. The van der Waals surface area contributed by atoms with Crippen LogP contribution in [0.5, 0.6) is 11.5 Å². The Morgan fingerprint density at radius 2 is 1.04 bits per heavy atom. The summed E-state index contributed by atoms with van der Waals surface area (Å²) in [5.41, 5.74) is 1.76. The molecule has 0 bridgehead atoms. The van der Waals surface area contributed by atoms with E-state index >= 15 is 0 Å². The SMILES string of the molecule is Cc1cc(=O)oc2cc(O)ccc12.Cc1cc(=O)oc2cc(O)ccc12. The van der Waals surface area contributed by atoms with Gasteiger partial charge in [0, 0.05) is 35.0 Å². The molecule has 0 aliphatic rings. The third-order valence-electron chi connectivity index (χ3n) is 3.87. The van der Waals surface area contributed by atoms with Crippen LogP contribution in [0.4, 0.5) is 0 Å². The van der Waals surface area contributed by atoms with Gasteiger partial charge in [-0.15, -0.1) is 0 Å². The maximum atomic E-state index is 11.0. The van der Waals surface area contributed by atoms with Gasteiger partial charge in [-0.3, -0.25) is 0 Å². The van der Waals surface area contributed by atoms with Crippen LogP contribution in [-0.4, -0.2) is 10.2 Å². The highest BCUT2D eigenvalue weighted by molar-refractivity contribution is 5.81. The molecule has 0 saturated heterocycles. The molecule has 26 heavy (non-hydrogen) atoms. The van der Waals surface area contributed by atoms with E-state index in [0.717, 1.165) is 21.9 Å². The van der Waals surface area contributed by atoms with Crippen molar-refractivity contribution in [3.05, 3.63) is 80.5 Å². The molecule has 0 aliphatic carbocycles. The van der Waals surface area contributed by atoms with Crippen LogP contribution < -0.4 is 11.3 Å². The molecular weight excluding hydrogens is 336 g/mol. The highest BCUT2D eigenvalue weighted by atomic mass is 16.4. The number of aromatic hydroxyl groups is 2. The predicted octanol–water partition coefficient (Wildman–Crippen LogP) is 3.61. The quantitative estimate of drug-likeness (QED) is 0.469. The number of benzene rings is 2. The molecule has 2 aromatic heterocycles. The van der Waals surface area contributed by atoms with E-state index in [1.807, 2.05) is 13.8 Å². The fourth-order valence-corrected chi connectivity index (χ4v) is 2.63. The first kappa shape index (κ1) is 17.3. The predicted molar refractivity (Wildman–Crippen MR) is 97.8 cm³/mol. The van der Waals surface area contributed by atoms with Crippen molar-refractivity contribution in [2.75, 3.05) is 0 Å². The molecule has 4 rings (SSSR count). The summed E-state index contributed by atoms with van der Waals surface area (Å²) in [5, 5.41) is 20.0. The third kappa shape index (κ3) is 3.59. The maximum Gasteiger partial charge on any atom is 0.336 e. The molecule has 132 valence electrons. The fourth-order valence-electron chi connectivity index (χ4n) is 2.63. The smallest absolute Gasteiger partial charge is 0.336 e. The van der Waals surface area contributed by atoms with Crippen LogP contribution in [0.3, 0.4) is 0 Å². The highest BCUT2D eigenvalue weighted by Crippen LogP contribution is 2.21. The number of phenolic OH excluding ortho intramolecular Hbond substituents is 2. The minimum atomic E-state index is -0.393. The Labute approximate surface area is 147 Å². The van der Waals surface area contributed by atoms with E-state index < -0.39 is 11.3 Å². The molecule has 6 nitrogen and oxygen atoms in total. The van der Waals surface area contributed by atoms with Crippen molar-refractivity contribution >= 4 is 21.9 Å². The zero-order chi connectivity index (χ0) is 18.8. The number of hydrogen-bond donors (Lipinski definition) is 2. The first-order valence-corrected chi connectivity index (χ1v) is 7.80. The fraction of sp³-hybridized carbons (Fsp3) is 0.100. The van der Waals surface area contributed by atoms with E-state index in [0.29, 0.717) is 11.2 Å². The molecule has 0 atom stereocenters. The number of hydrogen-bond acceptors (Lipinski definition) is 6. The summed E-state index contributed by atoms with van der Waals surface area (Å²) in [6.07, 6.45) is 0. The van der Waals surface area contributed by atoms with Crippen LogP contribution in [0.25, 0.3) is 21.9 Å². The van der Waals surface area contributed by atoms with Gasteiger partial charge in [-0.05, 0) is 49.2 Å². The third-order valence-corrected chi connectivity index (χ3v) is 3.87. The standard InChI is InChI=1S/2C10H8O3/c2*1-6-4-10(12)13-9-5-7(11)2-3-8(6)9/h2*2-5,11H,1H3. The minimum Gasteiger partial charge on any atom is -0.508 e. The van der Waals surface area contributed by atoms with E-state index in [9.17, 15) is 9.59 Å². The largest absolute Gasteiger partial charge is 0.508 e. The van der Waals surface area contributed by atoms with Gasteiger partial charge in [-0.25, -0.2) is 9.59 Å². The second-order valence-corrected chi connectivity index (χ2v) is 5.86. The summed E-state index contributed by atoms with van der Waals surface area (Å²) in [6.45, 7) is 3.66. The van der Waals surface area contributed by atoms with Crippen molar-refractivity contribution in [1.82, 2.24) is 0 Å². The number of aryl methyl sites for hydroxylation is 2. The van der Waals surface area contributed by atoms with Gasteiger partial charge in [-0.2, -0.15) is 0 Å². The number of fused-ring (bicyclic) bond motifs is 2. The van der Waals surface area contributed by atoms with Gasteiger partial charge in [0.25, 0.3) is 0 Å². The molecule has 2 aromatic carbocycles. The minimum absolute atomic E-state index is 0.0984. The summed E-state index contributed by atoms with van der Waals surface area (Å²) >= 11 is 0. The Bertz CT molecular complexity index is 1120. The Morgan fingerprint density at radius 3 is 1.42 bits per heavy atom. The van der Waals surface area contributed by atoms with E-state index in [1.165, 1.54) is 24.3 Å². The Morgan fingerprint density at radius 1 is 0.654 bits per heavy atom. The van der Waals surface area contributed by atoms with Gasteiger partial charge in [0.05, 0.1) is 0 Å². The lowest BCUT2D eigenvalue weighted by Crippen LogP contribution is -1.97. The molecule has 2 N–H and O–H groups in total. The van der Waals surface area contributed by atoms with E-state index in [2.05, 4.69) is 0 Å². The van der Waals surface area contributed by atoms with Crippen molar-refractivity contribution in [2.45, 2.75) is 13.8 Å². The van der Waals surface area contributed by atoms with Gasteiger partial charge >= 0.3 is 11.3 Å². The molecule has 0 fully saturated rings. The van der Waals surface area contributed by atoms with Gasteiger partial charge in [0.15, 0.2) is 0 Å². The number of rotatable bonds is 0. The molecule has 6 heteroatoms. The van der Waals surface area contributed by atoms with E-state index in [-0.39, 0.29) is 11.5 Å². The van der Waals surface area contributed by atoms with Crippen molar-refractivity contribution in [3.63, 3.8) is 0 Å². The summed E-state index contributed by atoms with van der Waals surface area (Å²) in [4.78, 5) is 21.9. The lowest BCUT2D eigenvalue weighted by Gasteiger charge is -1.99. The zero-order valence-corrected chi connectivity index (χ0v) is 14.1. The molecule has 0 aliphatic heterocycles. The normalized spacial score (nSPS) is 10.5. The van der Waals surface area contributed by atoms with Gasteiger partial charge in [0.2, 0.25) is 0 Å². The van der Waals surface area contributed by atoms with Crippen molar-refractivity contribution < 1.29 is 19.0 Å². The Kier molecular flexibility index (Phi) is 4.49. The Hall–Kier alpha value is -3.54. The summed E-state index contributed by atoms with van der Waals surface area (Å²) in [5.74, 6) is 0.197. The molecule has 0 radical (unpaired) electrons. The van der Waals surface area contributed by atoms with Gasteiger partial charge in [-0.1, -0.05) is 0 Å². The van der Waals surface area contributed by atoms with Gasteiger partial charge < -0.3 is 19.0 Å². The zero-order valence-electron chi connectivity index (χ0n) is 14.1. The first-order valence-electron chi connectivity index (χ1n) is 7.80. The molecule has 4 aromatic rings. The average Bonchev–Trinajstić information content (AvgIpc) is 2.54. The van der Waals surface area contributed by atoms with Crippen LogP contribution in [0.15, 0.2) is 67.0 Å². The van der Waals surface area contributed by atoms with Crippen LogP contribution in [0.2, 0.25) is 0 Å². The monoisotopic (exact) mass is 352 g/mol. The summed E-state index contributed by atoms with van der Waals surface area (Å²) in [6, 6.07) is 12.3. The van der Waals surface area contributed by atoms with Crippen LogP contribution in [0, 0.1) is 13.8 Å². The lowest BCUT2D eigenvalue weighted by molar-refractivity contribution is 0.472. The molecule has 0 spiro atoms. The molecule has 2 heterocycles. The van der Waals surface area contributed by atoms with E-state index in [4.69, 9.17) is 19.0 Å². The molecule has 0 unspecified atom stereocenters. The Balaban J connectivity index is 0.000000151. The van der Waals surface area contributed by atoms with Crippen LogP contribution in [-0.2, 0) is 0 Å². The van der Waals surface area contributed by atoms with Gasteiger partial charge in [0.1, 0.15) is 22.7 Å². The van der Waals surface area contributed by atoms with Crippen molar-refractivity contribution in [2.24, 2.45) is 0 Å². The number of phenols is 2. The van der Waals surface area contributed by atoms with Crippen LogP contribution in [0.1, 0.15) is 11.1 Å². The lowest BCUT2D eigenvalue weighted by atomic mass is 10.1. The van der Waals surface area contributed by atoms with Crippen molar-refractivity contribution in [1.29, 1.82) is 0 Å². The molecule has 0 amide bonds. The van der Waals surface area contributed by atoms with E-state index in [1.54, 1.807) is 24.3 Å². The average molecular weight is 352 g/mol. The first-order chi connectivity index (χ1) is 12.3. The van der Waals surface area contributed by atoms with Crippen LogP contribution >= 0.6 is 0 Å².